The van der Waals surface area contributed by atoms with Gasteiger partial charge in [-0.2, -0.15) is 5.21 Å². The van der Waals surface area contributed by atoms with E-state index in [9.17, 15) is 14.4 Å². The summed E-state index contributed by atoms with van der Waals surface area (Å²) in [6.07, 6.45) is 6.75. The van der Waals surface area contributed by atoms with Gasteiger partial charge >= 0.3 is 0 Å². The lowest BCUT2D eigenvalue weighted by molar-refractivity contribution is -0.129. The summed E-state index contributed by atoms with van der Waals surface area (Å²) >= 11 is 0. The highest BCUT2D eigenvalue weighted by Gasteiger charge is 2.30. The predicted molar refractivity (Wildman–Crippen MR) is 189 cm³/mol. The number of amides is 2. The van der Waals surface area contributed by atoms with Crippen molar-refractivity contribution in [2.45, 2.75) is 51.9 Å². The third-order valence-corrected chi connectivity index (χ3v) is 9.37. The molecule has 1 fully saturated rings. The van der Waals surface area contributed by atoms with Crippen molar-refractivity contribution in [1.29, 1.82) is 0 Å². The van der Waals surface area contributed by atoms with Crippen LogP contribution in [0.3, 0.4) is 0 Å². The second-order valence-electron chi connectivity index (χ2n) is 13.3. The number of ketones is 1. The molecular formula is C37H47N9O3. The van der Waals surface area contributed by atoms with Crippen LogP contribution in [-0.2, 0) is 16.0 Å². The van der Waals surface area contributed by atoms with E-state index in [4.69, 9.17) is 5.73 Å². The number of nitrogens with one attached hydrogen (secondary N) is 3. The highest BCUT2D eigenvalue weighted by atomic mass is 16.2. The molecule has 5 N–H and O–H groups in total. The lowest BCUT2D eigenvalue weighted by Crippen LogP contribution is -2.31. The molecule has 0 saturated heterocycles. The normalized spacial score (nSPS) is 16.7. The van der Waals surface area contributed by atoms with Gasteiger partial charge in [-0.05, 0) is 131 Å². The van der Waals surface area contributed by atoms with Crippen molar-refractivity contribution < 1.29 is 14.4 Å². The van der Waals surface area contributed by atoms with Crippen LogP contribution in [-0.4, -0.2) is 81.8 Å². The van der Waals surface area contributed by atoms with Crippen LogP contribution in [0.15, 0.2) is 60.8 Å². The molecule has 0 aliphatic heterocycles. The minimum Gasteiger partial charge on any atom is -0.351 e. The number of hydrogen-bond acceptors (Lipinski definition) is 9. The first kappa shape index (κ1) is 35.5. The highest BCUT2D eigenvalue weighted by molar-refractivity contribution is 5.96. The number of aryl methyl sites for hydroxylation is 1. The van der Waals surface area contributed by atoms with Gasteiger partial charge < -0.3 is 21.3 Å². The zero-order valence-corrected chi connectivity index (χ0v) is 28.6. The first-order valence-electron chi connectivity index (χ1n) is 17.1. The number of Topliss-reactive ketones (excluding diaryl/α,β-unsaturated/α-hetero) is 1. The predicted octanol–water partition coefficient (Wildman–Crippen LogP) is 4.44. The highest BCUT2D eigenvalue weighted by Crippen LogP contribution is 2.31. The number of carbonyl (C=O) groups excluding carboxylic acids is 3. The summed E-state index contributed by atoms with van der Waals surface area (Å²) in [7, 11) is 4.01. The molecule has 1 aliphatic rings. The van der Waals surface area contributed by atoms with Crippen molar-refractivity contribution in [3.8, 4) is 22.5 Å². The van der Waals surface area contributed by atoms with Gasteiger partial charge in [0.05, 0.1) is 0 Å². The zero-order chi connectivity index (χ0) is 34.8. The van der Waals surface area contributed by atoms with Gasteiger partial charge in [-0.15, -0.1) is 10.2 Å². The number of nitrogens with zero attached hydrogens (tertiary/aromatic N) is 5. The third-order valence-electron chi connectivity index (χ3n) is 9.37. The minimum atomic E-state index is -0.540. The van der Waals surface area contributed by atoms with E-state index in [2.05, 4.69) is 41.1 Å². The van der Waals surface area contributed by atoms with E-state index in [0.717, 1.165) is 66.5 Å². The van der Waals surface area contributed by atoms with E-state index in [1.54, 1.807) is 18.3 Å². The fraction of sp³-hybridized carbons (Fsp3) is 0.432. The van der Waals surface area contributed by atoms with Gasteiger partial charge in [-0.25, -0.2) is 0 Å². The molecule has 12 nitrogen and oxygen atoms in total. The maximum absolute atomic E-state index is 13.7. The Labute approximate surface area is 287 Å². The van der Waals surface area contributed by atoms with Crippen molar-refractivity contribution in [3.05, 3.63) is 77.6 Å². The SMILES string of the molecule is Cc1cc(C(=O)NCCCN(C)C)ncc1-c1ccc(C[C@H](CC(=O)C2CCC(CN)CC2)C(=O)Nc2ccc(-c3nn[nH]n3)cc2)cc1. The smallest absolute Gasteiger partial charge is 0.269 e. The van der Waals surface area contributed by atoms with E-state index >= 15 is 0 Å². The van der Waals surface area contributed by atoms with Crippen molar-refractivity contribution in [2.75, 3.05) is 39.0 Å². The molecule has 1 atom stereocenters. The van der Waals surface area contributed by atoms with Gasteiger partial charge in [-0.3, -0.25) is 19.4 Å². The summed E-state index contributed by atoms with van der Waals surface area (Å²) in [5, 5.41) is 20.0. The molecule has 1 saturated carbocycles. The van der Waals surface area contributed by atoms with Crippen LogP contribution in [0.1, 0.15) is 60.1 Å². The molecule has 2 amide bonds. The molecule has 2 aromatic heterocycles. The van der Waals surface area contributed by atoms with E-state index in [0.29, 0.717) is 42.6 Å². The standard InChI is InChI=1S/C37H47N9O3/c1-24-19-33(37(49)39-17-4-18-46(2)3)40-23-32(24)27-9-5-25(6-10-27)20-30(21-34(47)28-11-7-26(22-38)8-12-28)36(48)41-31-15-13-29(14-16-31)35-42-44-45-43-35/h5-6,9-10,13-16,19,23,26,28,30H,4,7-8,11-12,17-18,20-22,38H2,1-3H3,(H,39,49)(H,41,48)(H,42,43,44,45)/t26?,28?,30-/m1/s1. The number of H-pyrrole nitrogens is 1. The summed E-state index contributed by atoms with van der Waals surface area (Å²) in [5.74, 6) is 0.127. The van der Waals surface area contributed by atoms with E-state index in [1.807, 2.05) is 63.5 Å². The third kappa shape index (κ3) is 9.86. The lowest BCUT2D eigenvalue weighted by atomic mass is 9.77. The van der Waals surface area contributed by atoms with Gasteiger partial charge in [0.25, 0.3) is 5.91 Å². The average Bonchev–Trinajstić information content (AvgIpc) is 3.66. The summed E-state index contributed by atoms with van der Waals surface area (Å²) in [6, 6.07) is 17.0. The van der Waals surface area contributed by atoms with Gasteiger partial charge in [0.2, 0.25) is 11.7 Å². The maximum atomic E-state index is 13.7. The van der Waals surface area contributed by atoms with Crippen molar-refractivity contribution in [3.63, 3.8) is 0 Å². The Morgan fingerprint density at radius 3 is 2.35 bits per heavy atom. The molecule has 0 spiro atoms. The molecule has 2 heterocycles. The van der Waals surface area contributed by atoms with Crippen LogP contribution in [0.5, 0.6) is 0 Å². The summed E-state index contributed by atoms with van der Waals surface area (Å²) < 4.78 is 0. The van der Waals surface area contributed by atoms with Crippen LogP contribution >= 0.6 is 0 Å². The molecule has 4 aromatic rings. The van der Waals surface area contributed by atoms with Crippen molar-refractivity contribution >= 4 is 23.3 Å². The fourth-order valence-corrected chi connectivity index (χ4v) is 6.39. The molecule has 49 heavy (non-hydrogen) atoms. The number of tetrazole rings is 1. The number of aromatic amines is 1. The Morgan fingerprint density at radius 2 is 1.71 bits per heavy atom. The topological polar surface area (TPSA) is 172 Å². The van der Waals surface area contributed by atoms with Crippen molar-refractivity contribution in [2.24, 2.45) is 23.5 Å². The Kier molecular flexibility index (Phi) is 12.3. The molecule has 2 aromatic carbocycles. The Morgan fingerprint density at radius 1 is 1.00 bits per heavy atom. The van der Waals surface area contributed by atoms with Crippen LogP contribution in [0.25, 0.3) is 22.5 Å². The number of carbonyl (C=O) groups is 3. The second-order valence-corrected chi connectivity index (χ2v) is 13.3. The molecule has 0 unspecified atom stereocenters. The minimum absolute atomic E-state index is 0.0340. The summed E-state index contributed by atoms with van der Waals surface area (Å²) in [4.78, 5) is 46.4. The number of benzene rings is 2. The van der Waals surface area contributed by atoms with Gasteiger partial charge in [0.15, 0.2) is 0 Å². The van der Waals surface area contributed by atoms with E-state index < -0.39 is 5.92 Å². The molecule has 0 bridgehead atoms. The first-order chi connectivity index (χ1) is 23.7. The Hall–Kier alpha value is -4.81. The molecule has 0 radical (unpaired) electrons. The van der Waals surface area contributed by atoms with Gasteiger partial charge in [0, 0.05) is 47.8 Å². The maximum Gasteiger partial charge on any atom is 0.269 e. The number of rotatable bonds is 15. The van der Waals surface area contributed by atoms with Crippen LogP contribution in [0.4, 0.5) is 5.69 Å². The fourth-order valence-electron chi connectivity index (χ4n) is 6.39. The van der Waals surface area contributed by atoms with E-state index in [-0.39, 0.29) is 29.9 Å². The van der Waals surface area contributed by atoms with Crippen LogP contribution in [0, 0.1) is 24.7 Å². The van der Waals surface area contributed by atoms with Gasteiger partial charge in [0.1, 0.15) is 11.5 Å². The number of aromatic nitrogens is 5. The quantitative estimate of drug-likeness (QED) is 0.134. The van der Waals surface area contributed by atoms with Crippen molar-refractivity contribution in [1.82, 2.24) is 35.8 Å². The average molecular weight is 666 g/mol. The zero-order valence-electron chi connectivity index (χ0n) is 28.6. The van der Waals surface area contributed by atoms with Crippen LogP contribution < -0.4 is 16.4 Å². The lowest BCUT2D eigenvalue weighted by Gasteiger charge is -2.27. The number of hydrogen-bond donors (Lipinski definition) is 4. The largest absolute Gasteiger partial charge is 0.351 e. The Bertz CT molecular complexity index is 1680. The number of nitrogens with two attached hydrogens (primary N) is 1. The monoisotopic (exact) mass is 665 g/mol. The summed E-state index contributed by atoms with van der Waals surface area (Å²) in [5.41, 5.74) is 11.4. The summed E-state index contributed by atoms with van der Waals surface area (Å²) in [6.45, 7) is 4.11. The molecule has 12 heteroatoms. The molecular weight excluding hydrogens is 618 g/mol. The first-order valence-corrected chi connectivity index (χ1v) is 17.1. The molecule has 258 valence electrons. The van der Waals surface area contributed by atoms with Crippen LogP contribution in [0.2, 0.25) is 0 Å². The van der Waals surface area contributed by atoms with E-state index in [1.165, 1.54) is 0 Å². The number of pyridine rings is 1. The Balaban J connectivity index is 1.26. The number of anilines is 1. The second kappa shape index (κ2) is 17.0. The van der Waals surface area contributed by atoms with Gasteiger partial charge in [-0.1, -0.05) is 24.3 Å². The molecule has 1 aliphatic carbocycles. The molecule has 5 rings (SSSR count).